The molecule has 1 atom stereocenters. The molecule has 6 aromatic carbocycles. The van der Waals surface area contributed by atoms with E-state index in [0.717, 1.165) is 67.5 Å². The average Bonchev–Trinajstić information content (AvgIpc) is 3.40. The number of fused-ring (bicyclic) bond motifs is 2. The molecule has 7 aromatic rings. The van der Waals surface area contributed by atoms with Crippen LogP contribution in [0.25, 0.3) is 56.5 Å². The van der Waals surface area contributed by atoms with Crippen molar-refractivity contribution in [2.75, 3.05) is 11.9 Å². The summed E-state index contributed by atoms with van der Waals surface area (Å²) in [7, 11) is -2.82. The molecule has 9 rings (SSSR count). The van der Waals surface area contributed by atoms with Crippen molar-refractivity contribution in [3.63, 3.8) is 0 Å². The van der Waals surface area contributed by atoms with Crippen molar-refractivity contribution in [2.45, 2.75) is 25.0 Å². The second-order valence-corrected chi connectivity index (χ2v) is 15.6. The molecule has 0 saturated carbocycles. The molecule has 1 spiro atoms. The van der Waals surface area contributed by atoms with E-state index in [2.05, 4.69) is 164 Å². The van der Waals surface area contributed by atoms with Gasteiger partial charge in [0.2, 0.25) is 22.8 Å². The number of nitro benzene ring substituents is 1. The lowest BCUT2D eigenvalue weighted by atomic mass is 9.76. The van der Waals surface area contributed by atoms with Gasteiger partial charge in [0.25, 0.3) is 5.69 Å². The quantitative estimate of drug-likeness (QED) is 0.108. The van der Waals surface area contributed by atoms with E-state index >= 15 is 0 Å². The molecule has 0 N–H and O–H groups in total. The van der Waals surface area contributed by atoms with E-state index in [9.17, 15) is 10.1 Å². The zero-order chi connectivity index (χ0) is 41.5. The molecule has 2 aliphatic heterocycles. The van der Waals surface area contributed by atoms with Gasteiger partial charge < -0.3 is 9.64 Å². The van der Waals surface area contributed by atoms with Crippen molar-refractivity contribution in [3.05, 3.63) is 191 Å². The topological polar surface area (TPSA) is 152 Å². The fourth-order valence-electron chi connectivity index (χ4n) is 8.29. The fraction of sp³-hybridized carbons (Fsp3) is 0.104. The lowest BCUT2D eigenvalue weighted by Crippen LogP contribution is -2.68. The Morgan fingerprint density at radius 1 is 0.627 bits per heavy atom. The number of para-hydroxylation sites is 1. The molecule has 3 heterocycles. The van der Waals surface area contributed by atoms with Crippen LogP contribution in [0.15, 0.2) is 170 Å². The molecule has 10 nitrogen and oxygen atoms in total. The maximum absolute atomic E-state index is 11.5. The molecule has 11 heteroatoms. The Morgan fingerprint density at radius 3 is 1.66 bits per heavy atom. The summed E-state index contributed by atoms with van der Waals surface area (Å²) >= 11 is 0. The highest BCUT2D eigenvalue weighted by atomic mass is 35.7. The van der Waals surface area contributed by atoms with Crippen molar-refractivity contribution < 1.29 is 43.1 Å². The van der Waals surface area contributed by atoms with E-state index in [1.807, 2.05) is 30.3 Å². The Bertz CT molecular complexity index is 2640. The Kier molecular flexibility index (Phi) is 10.1. The van der Waals surface area contributed by atoms with Crippen LogP contribution in [-0.4, -0.2) is 17.7 Å². The SMILES string of the molecule is CN1c2ccccc2C(C)(C)C12C=Cc1cc(-[n+]3c(-c4ccccc4)cc(-c4ccc([N+](=O)[O-])cc4)cc3-c3ccccc3)cc(-c3ccccc3)c1O2.[O-][Cl+3]([O-])([O-])[O-]. The number of benzene rings is 6. The van der Waals surface area contributed by atoms with Crippen LogP contribution < -0.4 is 32.8 Å². The van der Waals surface area contributed by atoms with Crippen LogP contribution in [0, 0.1) is 20.4 Å². The van der Waals surface area contributed by atoms with Gasteiger partial charge in [0.15, 0.2) is 0 Å². The summed E-state index contributed by atoms with van der Waals surface area (Å²) in [6.07, 6.45) is 4.46. The number of aromatic nitrogens is 1. The van der Waals surface area contributed by atoms with Gasteiger partial charge in [-0.25, -0.2) is 18.6 Å². The van der Waals surface area contributed by atoms with Crippen LogP contribution in [0.3, 0.4) is 0 Å². The Labute approximate surface area is 343 Å². The normalized spacial score (nSPS) is 16.1. The van der Waals surface area contributed by atoms with Gasteiger partial charge in [-0.05, 0) is 90.7 Å². The molecule has 0 fully saturated rings. The first-order valence-corrected chi connectivity index (χ1v) is 20.0. The van der Waals surface area contributed by atoms with Gasteiger partial charge >= 0.3 is 0 Å². The summed E-state index contributed by atoms with van der Waals surface area (Å²) in [6, 6.07) is 55.4. The average molecular weight is 804 g/mol. The van der Waals surface area contributed by atoms with Crippen LogP contribution in [0.4, 0.5) is 11.4 Å². The van der Waals surface area contributed by atoms with Gasteiger partial charge in [0, 0.05) is 71.4 Å². The number of nitrogens with zero attached hydrogens (tertiary/aromatic N) is 3. The summed E-state index contributed by atoms with van der Waals surface area (Å²) in [4.78, 5) is 13.4. The van der Waals surface area contributed by atoms with Gasteiger partial charge in [-0.3, -0.25) is 10.1 Å². The van der Waals surface area contributed by atoms with E-state index < -0.39 is 16.0 Å². The molecule has 294 valence electrons. The number of non-ortho nitro benzene ring substituents is 1. The summed E-state index contributed by atoms with van der Waals surface area (Å²) in [6.45, 7) is 4.53. The first-order chi connectivity index (χ1) is 28.2. The molecule has 0 radical (unpaired) electrons. The number of rotatable bonds is 6. The smallest absolute Gasteiger partial charge is 0.269 e. The van der Waals surface area contributed by atoms with Crippen molar-refractivity contribution >= 4 is 17.5 Å². The Balaban J connectivity index is 0.000000915. The molecule has 0 aliphatic carbocycles. The van der Waals surface area contributed by atoms with Crippen LogP contribution in [0.5, 0.6) is 5.75 Å². The predicted octanol–water partition coefficient (Wildman–Crippen LogP) is 6.31. The summed E-state index contributed by atoms with van der Waals surface area (Å²) in [5.74, 6) is 0.839. The summed E-state index contributed by atoms with van der Waals surface area (Å²) in [5, 5.41) is 11.5. The van der Waals surface area contributed by atoms with Gasteiger partial charge in [-0.15, -0.1) is 10.2 Å². The number of anilines is 1. The fourth-order valence-corrected chi connectivity index (χ4v) is 8.29. The molecule has 0 bridgehead atoms. The minimum Gasteiger partial charge on any atom is -0.462 e. The zero-order valence-corrected chi connectivity index (χ0v) is 33.1. The van der Waals surface area contributed by atoms with Crippen molar-refractivity contribution in [2.24, 2.45) is 0 Å². The lowest BCUT2D eigenvalue weighted by Gasteiger charge is -2.46. The molecule has 59 heavy (non-hydrogen) atoms. The predicted molar refractivity (Wildman–Crippen MR) is 217 cm³/mol. The minimum absolute atomic E-state index is 0.0620. The van der Waals surface area contributed by atoms with Gasteiger partial charge in [-0.1, -0.05) is 84.9 Å². The maximum Gasteiger partial charge on any atom is 0.269 e. The third-order valence-electron chi connectivity index (χ3n) is 11.1. The van der Waals surface area contributed by atoms with E-state index in [4.69, 9.17) is 23.4 Å². The first kappa shape index (κ1) is 39.2. The number of ether oxygens (including phenoxy) is 1. The highest BCUT2D eigenvalue weighted by Crippen LogP contribution is 2.55. The van der Waals surface area contributed by atoms with E-state index in [1.54, 1.807) is 12.1 Å². The first-order valence-electron chi connectivity index (χ1n) is 18.8. The Hall–Kier alpha value is -6.66. The number of pyridine rings is 1. The van der Waals surface area contributed by atoms with Gasteiger partial charge in [0.1, 0.15) is 5.75 Å². The van der Waals surface area contributed by atoms with Crippen molar-refractivity contribution in [3.8, 4) is 56.2 Å². The highest BCUT2D eigenvalue weighted by Gasteiger charge is 2.58. The monoisotopic (exact) mass is 803 g/mol. The summed E-state index contributed by atoms with van der Waals surface area (Å²) < 4.78 is 43.7. The number of hydrogen-bond acceptors (Lipinski definition) is 8. The molecule has 2 aliphatic rings. The summed E-state index contributed by atoms with van der Waals surface area (Å²) in [5.41, 5.74) is 11.3. The van der Waals surface area contributed by atoms with Crippen LogP contribution in [-0.2, 0) is 5.41 Å². The third kappa shape index (κ3) is 7.36. The van der Waals surface area contributed by atoms with E-state index in [1.165, 1.54) is 5.56 Å². The van der Waals surface area contributed by atoms with E-state index in [0.29, 0.717) is 0 Å². The largest absolute Gasteiger partial charge is 0.462 e. The third-order valence-corrected chi connectivity index (χ3v) is 11.1. The molecular formula is C48H38ClN3O7. The van der Waals surface area contributed by atoms with Crippen molar-refractivity contribution in [1.82, 2.24) is 0 Å². The number of hydrogen-bond donors (Lipinski definition) is 0. The standard InChI is InChI=1S/C48H38N3O3.ClHO4/c1-47(2)42-21-13-14-22-43(42)49(3)48(47)28-27-37-29-40(32-41(46(37)54-48)34-15-7-4-8-16-34)50-44(35-17-9-5-10-18-35)30-38(31-45(50)36-19-11-6-12-20-36)33-23-25-39(26-24-33)51(52)53;2-1(3,4)5/h4-32H,1-3H3;(H,2,3,4,5)/q+1;/p-1. The van der Waals surface area contributed by atoms with Gasteiger partial charge in [0.05, 0.1) is 10.3 Å². The maximum atomic E-state index is 11.5. The minimum atomic E-state index is -4.94. The second-order valence-electron chi connectivity index (χ2n) is 14.9. The lowest BCUT2D eigenvalue weighted by molar-refractivity contribution is -2.00. The number of likely N-dealkylation sites (N-methyl/N-ethyl adjacent to an activating group) is 1. The van der Waals surface area contributed by atoms with Crippen LogP contribution >= 0.6 is 0 Å². The molecule has 1 unspecified atom stereocenters. The van der Waals surface area contributed by atoms with E-state index in [-0.39, 0.29) is 16.0 Å². The van der Waals surface area contributed by atoms with Crippen LogP contribution in [0.1, 0.15) is 25.0 Å². The number of nitro groups is 1. The molecule has 0 saturated heterocycles. The number of halogens is 1. The molecular weight excluding hydrogens is 766 g/mol. The second kappa shape index (κ2) is 15.3. The van der Waals surface area contributed by atoms with Crippen LogP contribution in [0.2, 0.25) is 0 Å². The Morgan fingerprint density at radius 2 is 1.14 bits per heavy atom. The van der Waals surface area contributed by atoms with Gasteiger partial charge in [-0.2, -0.15) is 4.57 Å². The zero-order valence-electron chi connectivity index (χ0n) is 32.3. The molecule has 1 aromatic heterocycles. The highest BCUT2D eigenvalue weighted by molar-refractivity contribution is 5.83. The van der Waals surface area contributed by atoms with Crippen molar-refractivity contribution in [1.29, 1.82) is 0 Å². The molecule has 0 amide bonds.